The van der Waals surface area contributed by atoms with Crippen molar-refractivity contribution in [2.75, 3.05) is 19.0 Å². The van der Waals surface area contributed by atoms with Gasteiger partial charge in [-0.25, -0.2) is 18.7 Å². The van der Waals surface area contributed by atoms with Gasteiger partial charge in [0.1, 0.15) is 29.9 Å². The second-order valence-electron chi connectivity index (χ2n) is 8.02. The molecular formula is C22H22F5N3O3. The predicted molar refractivity (Wildman–Crippen MR) is 111 cm³/mol. The molecule has 3 aromatic rings. The normalized spacial score (nSPS) is 12.2. The van der Waals surface area contributed by atoms with Crippen molar-refractivity contribution in [1.29, 1.82) is 0 Å². The lowest BCUT2D eigenvalue weighted by Gasteiger charge is -2.20. The number of methoxy groups -OCH3 is 1. The van der Waals surface area contributed by atoms with Gasteiger partial charge in [-0.3, -0.25) is 0 Å². The van der Waals surface area contributed by atoms with Crippen LogP contribution in [0.15, 0.2) is 24.3 Å². The average molecular weight is 471 g/mol. The number of alkyl halides is 3. The number of aliphatic hydroxyl groups is 1. The molecule has 11 heteroatoms. The van der Waals surface area contributed by atoms with Crippen LogP contribution in [0.1, 0.15) is 30.8 Å². The summed E-state index contributed by atoms with van der Waals surface area (Å²) in [4.78, 5) is 8.55. The van der Waals surface area contributed by atoms with E-state index in [1.807, 2.05) is 0 Å². The van der Waals surface area contributed by atoms with Crippen LogP contribution in [0.5, 0.6) is 11.5 Å². The van der Waals surface area contributed by atoms with E-state index in [4.69, 9.17) is 9.47 Å². The summed E-state index contributed by atoms with van der Waals surface area (Å²) in [5.74, 6) is -1.68. The Morgan fingerprint density at radius 3 is 2.33 bits per heavy atom. The number of fused-ring (bicyclic) bond motifs is 1. The molecule has 0 radical (unpaired) electrons. The van der Waals surface area contributed by atoms with Crippen molar-refractivity contribution in [2.45, 2.75) is 39.1 Å². The number of nitrogens with zero attached hydrogens (tertiary/aromatic N) is 2. The minimum absolute atomic E-state index is 0.0565. The zero-order chi connectivity index (χ0) is 24.6. The van der Waals surface area contributed by atoms with Crippen molar-refractivity contribution in [3.05, 3.63) is 52.9 Å². The molecular weight excluding hydrogens is 449 g/mol. The molecule has 0 aliphatic heterocycles. The molecule has 0 amide bonds. The molecule has 1 aromatic heterocycles. The number of halogens is 5. The Kier molecular flexibility index (Phi) is 6.64. The van der Waals surface area contributed by atoms with Gasteiger partial charge >= 0.3 is 6.18 Å². The Morgan fingerprint density at radius 2 is 1.73 bits per heavy atom. The van der Waals surface area contributed by atoms with E-state index in [1.165, 1.54) is 13.2 Å². The maximum atomic E-state index is 14.4. The number of nitrogens with one attached hydrogen (secondary N) is 1. The van der Waals surface area contributed by atoms with E-state index in [9.17, 15) is 27.1 Å². The second kappa shape index (κ2) is 8.97. The van der Waals surface area contributed by atoms with E-state index in [0.29, 0.717) is 28.5 Å². The molecule has 0 spiro atoms. The maximum absolute atomic E-state index is 14.4. The molecule has 178 valence electrons. The van der Waals surface area contributed by atoms with E-state index >= 15 is 0 Å². The summed E-state index contributed by atoms with van der Waals surface area (Å²) < 4.78 is 78.1. The van der Waals surface area contributed by atoms with Crippen LogP contribution in [0.4, 0.5) is 27.8 Å². The topological polar surface area (TPSA) is 76.5 Å². The lowest BCUT2D eigenvalue weighted by molar-refractivity contribution is -0.140. The van der Waals surface area contributed by atoms with Crippen molar-refractivity contribution in [1.82, 2.24) is 9.97 Å². The van der Waals surface area contributed by atoms with E-state index in [1.54, 1.807) is 26.8 Å². The summed E-state index contributed by atoms with van der Waals surface area (Å²) in [5, 5.41) is 13.1. The zero-order valence-electron chi connectivity index (χ0n) is 18.3. The van der Waals surface area contributed by atoms with Crippen LogP contribution in [0.3, 0.4) is 0 Å². The predicted octanol–water partition coefficient (Wildman–Crippen LogP) is 5.01. The van der Waals surface area contributed by atoms with Gasteiger partial charge in [-0.2, -0.15) is 13.2 Å². The highest BCUT2D eigenvalue weighted by atomic mass is 19.4. The maximum Gasteiger partial charge on any atom is 0.419 e. The van der Waals surface area contributed by atoms with E-state index < -0.39 is 41.1 Å². The van der Waals surface area contributed by atoms with Gasteiger partial charge in [0.05, 0.1) is 23.8 Å². The van der Waals surface area contributed by atoms with E-state index in [-0.39, 0.29) is 24.2 Å². The first-order chi connectivity index (χ1) is 15.3. The quantitative estimate of drug-likeness (QED) is 0.472. The molecule has 0 aliphatic carbocycles. The summed E-state index contributed by atoms with van der Waals surface area (Å²) in [6.07, 6.45) is -5.04. The second-order valence-corrected chi connectivity index (χ2v) is 8.02. The molecule has 0 bridgehead atoms. The molecule has 1 heterocycles. The summed E-state index contributed by atoms with van der Waals surface area (Å²) in [5.41, 5.74) is -2.90. The number of hydrogen-bond donors (Lipinski definition) is 2. The minimum atomic E-state index is -5.04. The number of hydrogen-bond acceptors (Lipinski definition) is 6. The third-order valence-corrected chi connectivity index (χ3v) is 4.54. The number of ether oxygens (including phenoxy) is 2. The molecule has 0 saturated carbocycles. The fraction of sp³-hybridized carbons (Fsp3) is 0.364. The lowest BCUT2D eigenvalue weighted by atomic mass is 10.1. The van der Waals surface area contributed by atoms with Crippen molar-refractivity contribution in [3.63, 3.8) is 0 Å². The van der Waals surface area contributed by atoms with Crippen molar-refractivity contribution in [2.24, 2.45) is 0 Å². The van der Waals surface area contributed by atoms with Gasteiger partial charge in [0.25, 0.3) is 0 Å². The van der Waals surface area contributed by atoms with Crippen LogP contribution in [-0.2, 0) is 12.7 Å². The highest BCUT2D eigenvalue weighted by Crippen LogP contribution is 2.36. The minimum Gasteiger partial charge on any atom is -0.493 e. The molecule has 6 nitrogen and oxygen atoms in total. The monoisotopic (exact) mass is 471 g/mol. The number of rotatable bonds is 7. The Balaban J connectivity index is 2.01. The number of aromatic nitrogens is 2. The Labute approximate surface area is 186 Å². The lowest BCUT2D eigenvalue weighted by Crippen LogP contribution is -2.28. The fourth-order valence-electron chi connectivity index (χ4n) is 3.07. The highest BCUT2D eigenvalue weighted by molar-refractivity contribution is 5.91. The molecule has 0 unspecified atom stereocenters. The summed E-state index contributed by atoms with van der Waals surface area (Å²) in [7, 11) is 1.43. The molecule has 33 heavy (non-hydrogen) atoms. The Hall–Kier alpha value is -3.21. The molecule has 3 rings (SSSR count). The SMILES string of the molecule is COc1cc2nc(C)nc(NCc3cc(F)cc(C(F)(F)F)c3F)c2cc1OCC(C)(C)O. The summed E-state index contributed by atoms with van der Waals surface area (Å²) in [6.45, 7) is 4.19. The molecule has 2 aromatic carbocycles. The summed E-state index contributed by atoms with van der Waals surface area (Å²) >= 11 is 0. The molecule has 0 saturated heterocycles. The van der Waals surface area contributed by atoms with Crippen LogP contribution < -0.4 is 14.8 Å². The third-order valence-electron chi connectivity index (χ3n) is 4.54. The Morgan fingerprint density at radius 1 is 1.03 bits per heavy atom. The Bertz CT molecular complexity index is 1180. The molecule has 0 aliphatic rings. The van der Waals surface area contributed by atoms with E-state index in [0.717, 1.165) is 0 Å². The van der Waals surface area contributed by atoms with Gasteiger partial charge in [0.2, 0.25) is 0 Å². The first-order valence-corrected chi connectivity index (χ1v) is 9.79. The van der Waals surface area contributed by atoms with Gasteiger partial charge in [-0.1, -0.05) is 0 Å². The third kappa shape index (κ3) is 5.78. The van der Waals surface area contributed by atoms with Gasteiger partial charge in [-0.15, -0.1) is 0 Å². The number of anilines is 1. The van der Waals surface area contributed by atoms with Gasteiger partial charge in [0, 0.05) is 23.6 Å². The largest absolute Gasteiger partial charge is 0.493 e. The smallest absolute Gasteiger partial charge is 0.419 e. The van der Waals surface area contributed by atoms with Crippen LogP contribution in [0, 0.1) is 18.6 Å². The van der Waals surface area contributed by atoms with Gasteiger partial charge < -0.3 is 19.9 Å². The number of aryl methyl sites for hydroxylation is 1. The zero-order valence-corrected chi connectivity index (χ0v) is 18.3. The van der Waals surface area contributed by atoms with Crippen LogP contribution in [-0.4, -0.2) is 34.4 Å². The van der Waals surface area contributed by atoms with Gasteiger partial charge in [-0.05, 0) is 39.0 Å². The van der Waals surface area contributed by atoms with Crippen molar-refractivity contribution >= 4 is 16.7 Å². The van der Waals surface area contributed by atoms with Crippen molar-refractivity contribution < 1.29 is 36.5 Å². The van der Waals surface area contributed by atoms with Gasteiger partial charge in [0.15, 0.2) is 11.5 Å². The number of benzene rings is 2. The van der Waals surface area contributed by atoms with Crippen LogP contribution >= 0.6 is 0 Å². The fourth-order valence-corrected chi connectivity index (χ4v) is 3.07. The molecule has 0 fully saturated rings. The van der Waals surface area contributed by atoms with Crippen LogP contribution in [0.2, 0.25) is 0 Å². The van der Waals surface area contributed by atoms with E-state index in [2.05, 4.69) is 15.3 Å². The van der Waals surface area contributed by atoms with Crippen molar-refractivity contribution in [3.8, 4) is 11.5 Å². The first-order valence-electron chi connectivity index (χ1n) is 9.79. The molecule has 2 N–H and O–H groups in total. The summed E-state index contributed by atoms with van der Waals surface area (Å²) in [6, 6.07) is 3.90. The highest BCUT2D eigenvalue weighted by Gasteiger charge is 2.35. The first kappa shape index (κ1) is 24.4. The van der Waals surface area contributed by atoms with Crippen LogP contribution in [0.25, 0.3) is 10.9 Å². The standard InChI is InChI=1S/C22H22F5N3O3/c1-11-29-16-8-17(32-4)18(33-10-21(2,3)31)7-14(16)20(30-11)28-9-12-5-13(23)6-15(19(12)24)22(25,26)27/h5-8,31H,9-10H2,1-4H3,(H,28,29,30). The molecule has 0 atom stereocenters. The average Bonchev–Trinajstić information content (AvgIpc) is 2.70.